The molecule has 0 radical (unpaired) electrons. The van der Waals surface area contributed by atoms with Crippen LogP contribution in [0, 0.1) is 5.82 Å². The zero-order chi connectivity index (χ0) is 27.5. The van der Waals surface area contributed by atoms with Crippen LogP contribution in [-0.4, -0.2) is 28.9 Å². The number of rotatable bonds is 8. The zero-order valence-electron chi connectivity index (χ0n) is 20.7. The van der Waals surface area contributed by atoms with Crippen LogP contribution in [-0.2, 0) is 11.8 Å². The van der Waals surface area contributed by atoms with Gasteiger partial charge in [-0.15, -0.1) is 0 Å². The molecule has 4 aromatic rings. The number of imide groups is 1. The van der Waals surface area contributed by atoms with E-state index < -0.39 is 11.1 Å². The van der Waals surface area contributed by atoms with Crippen LogP contribution in [0.4, 0.5) is 9.18 Å². The van der Waals surface area contributed by atoms with Crippen molar-refractivity contribution in [1.82, 2.24) is 9.88 Å². The Balaban J connectivity index is 1.28. The summed E-state index contributed by atoms with van der Waals surface area (Å²) in [5.74, 6) is -0.173. The lowest BCUT2D eigenvalue weighted by atomic mass is 10.1. The van der Waals surface area contributed by atoms with Crippen molar-refractivity contribution in [1.29, 1.82) is 0 Å². The van der Waals surface area contributed by atoms with Gasteiger partial charge >= 0.3 is 0 Å². The SMILES string of the molecule is Cn1c(-c2ccc(F)cc2)c(OCCCOc2ccc(/C=C3/SC(=O)NC3=O)cc2Cl)c(=O)c2ccccc21. The van der Waals surface area contributed by atoms with Crippen LogP contribution >= 0.6 is 23.4 Å². The maximum atomic E-state index is 13.6. The van der Waals surface area contributed by atoms with E-state index in [4.69, 9.17) is 21.1 Å². The van der Waals surface area contributed by atoms with Crippen LogP contribution in [0.3, 0.4) is 0 Å². The highest BCUT2D eigenvalue weighted by atomic mass is 35.5. The maximum Gasteiger partial charge on any atom is 0.290 e. The fourth-order valence-electron chi connectivity index (χ4n) is 4.24. The first-order valence-electron chi connectivity index (χ1n) is 12.0. The highest BCUT2D eigenvalue weighted by molar-refractivity contribution is 8.18. The molecule has 5 rings (SSSR count). The van der Waals surface area contributed by atoms with Gasteiger partial charge in [0.15, 0.2) is 5.75 Å². The molecule has 1 aliphatic rings. The number of halogens is 2. The molecule has 10 heteroatoms. The summed E-state index contributed by atoms with van der Waals surface area (Å²) in [7, 11) is 1.84. The Morgan fingerprint density at radius 3 is 2.46 bits per heavy atom. The van der Waals surface area contributed by atoms with E-state index in [-0.39, 0.29) is 30.2 Å². The number of pyridine rings is 1. The molecule has 39 heavy (non-hydrogen) atoms. The number of nitrogens with zero attached hydrogens (tertiary/aromatic N) is 1. The summed E-state index contributed by atoms with van der Waals surface area (Å²) in [6.45, 7) is 0.469. The predicted molar refractivity (Wildman–Crippen MR) is 151 cm³/mol. The minimum atomic E-state index is -0.440. The molecule has 0 spiro atoms. The van der Waals surface area contributed by atoms with Gasteiger partial charge in [0.05, 0.1) is 34.4 Å². The van der Waals surface area contributed by atoms with E-state index in [0.717, 1.165) is 17.3 Å². The quantitative estimate of drug-likeness (QED) is 0.203. The number of carbonyl (C=O) groups is 2. The lowest BCUT2D eigenvalue weighted by Crippen LogP contribution is -2.17. The smallest absolute Gasteiger partial charge is 0.290 e. The van der Waals surface area contributed by atoms with Crippen LogP contribution in [0.1, 0.15) is 12.0 Å². The average molecular weight is 565 g/mol. The molecule has 198 valence electrons. The Morgan fingerprint density at radius 1 is 1.00 bits per heavy atom. The summed E-state index contributed by atoms with van der Waals surface area (Å²) >= 11 is 7.18. The monoisotopic (exact) mass is 564 g/mol. The molecule has 3 aromatic carbocycles. The van der Waals surface area contributed by atoms with Crippen LogP contribution < -0.4 is 20.2 Å². The van der Waals surface area contributed by atoms with E-state index in [1.807, 2.05) is 23.7 Å². The number of aryl methyl sites for hydroxylation is 1. The number of carbonyl (C=O) groups excluding carboxylic acids is 2. The molecule has 2 amide bonds. The summed E-state index contributed by atoms with van der Waals surface area (Å²) in [5.41, 5.74) is 2.37. The largest absolute Gasteiger partial charge is 0.492 e. The first-order valence-corrected chi connectivity index (χ1v) is 13.2. The van der Waals surface area contributed by atoms with Gasteiger partial charge in [-0.1, -0.05) is 29.8 Å². The number of nitrogens with one attached hydrogen (secondary N) is 1. The predicted octanol–water partition coefficient (Wildman–Crippen LogP) is 6.17. The number of amides is 2. The third-order valence-electron chi connectivity index (χ3n) is 6.07. The van der Waals surface area contributed by atoms with E-state index in [1.54, 1.807) is 48.5 Å². The maximum absolute atomic E-state index is 13.6. The zero-order valence-corrected chi connectivity index (χ0v) is 22.3. The minimum absolute atomic E-state index is 0.186. The average Bonchev–Trinajstić information content (AvgIpc) is 3.24. The number of fused-ring (bicyclic) bond motifs is 1. The molecule has 7 nitrogen and oxygen atoms in total. The Morgan fingerprint density at radius 2 is 1.74 bits per heavy atom. The van der Waals surface area contributed by atoms with Crippen LogP contribution in [0.5, 0.6) is 11.5 Å². The summed E-state index contributed by atoms with van der Waals surface area (Å²) in [5, 5.41) is 2.67. The number of hydrogen-bond donors (Lipinski definition) is 1. The van der Waals surface area contributed by atoms with Crippen molar-refractivity contribution in [2.45, 2.75) is 6.42 Å². The molecule has 0 saturated carbocycles. The molecule has 0 bridgehead atoms. The topological polar surface area (TPSA) is 86.6 Å². The van der Waals surface area contributed by atoms with Crippen molar-refractivity contribution in [2.75, 3.05) is 13.2 Å². The molecule has 0 unspecified atom stereocenters. The van der Waals surface area contributed by atoms with Crippen molar-refractivity contribution >= 4 is 51.5 Å². The highest BCUT2D eigenvalue weighted by Gasteiger charge is 2.25. The Kier molecular flexibility index (Phi) is 7.72. The molecular formula is C29H22ClFN2O5S. The van der Waals surface area contributed by atoms with Crippen LogP contribution in [0.15, 0.2) is 76.4 Å². The van der Waals surface area contributed by atoms with Crippen LogP contribution in [0.25, 0.3) is 28.2 Å². The Bertz CT molecular complexity index is 1680. The van der Waals surface area contributed by atoms with E-state index >= 15 is 0 Å². The number of para-hydroxylation sites is 1. The Labute approximate surface area is 232 Å². The van der Waals surface area contributed by atoms with Gasteiger partial charge in [0.1, 0.15) is 11.6 Å². The standard InChI is InChI=1S/C29H22ClFN2O5S/c1-33-22-6-3-2-5-20(22)26(34)27(25(33)18-8-10-19(31)11-9-18)38-14-4-13-37-23-12-7-17(15-21(23)30)16-24-28(35)32-29(36)39-24/h2-3,5-12,15-16H,4,13-14H2,1H3,(H,32,35,36)/b24-16+. The summed E-state index contributed by atoms with van der Waals surface area (Å²) in [6.07, 6.45) is 2.04. The van der Waals surface area contributed by atoms with Crippen molar-refractivity contribution in [3.8, 4) is 22.8 Å². The van der Waals surface area contributed by atoms with Gasteiger partial charge < -0.3 is 14.0 Å². The van der Waals surface area contributed by atoms with Crippen molar-refractivity contribution in [3.05, 3.63) is 98.3 Å². The Hall–Kier alpha value is -4.08. The fraction of sp³-hybridized carbons (Fsp3) is 0.138. The number of thioether (sulfide) groups is 1. The molecular weight excluding hydrogens is 543 g/mol. The van der Waals surface area contributed by atoms with Gasteiger partial charge in [0.25, 0.3) is 11.1 Å². The number of aromatic nitrogens is 1. The molecule has 2 heterocycles. The lowest BCUT2D eigenvalue weighted by molar-refractivity contribution is -0.115. The fourth-order valence-corrected chi connectivity index (χ4v) is 5.16. The van der Waals surface area contributed by atoms with Crippen molar-refractivity contribution in [2.24, 2.45) is 7.05 Å². The third-order valence-corrected chi connectivity index (χ3v) is 7.18. The van der Waals surface area contributed by atoms with Gasteiger partial charge in [-0.25, -0.2) is 4.39 Å². The second-order valence-corrected chi connectivity index (χ2v) is 10.1. The van der Waals surface area contributed by atoms with Crippen molar-refractivity contribution < 1.29 is 23.5 Å². The van der Waals surface area contributed by atoms with E-state index in [1.165, 1.54) is 12.1 Å². The molecule has 1 aromatic heterocycles. The minimum Gasteiger partial charge on any atom is -0.492 e. The number of benzene rings is 3. The summed E-state index contributed by atoms with van der Waals surface area (Å²) < 4.78 is 27.3. The highest BCUT2D eigenvalue weighted by Crippen LogP contribution is 2.32. The number of hydrogen-bond acceptors (Lipinski definition) is 6. The molecule has 1 fully saturated rings. The van der Waals surface area contributed by atoms with Gasteiger partial charge in [0.2, 0.25) is 5.43 Å². The van der Waals surface area contributed by atoms with Gasteiger partial charge in [-0.05, 0) is 71.9 Å². The first-order chi connectivity index (χ1) is 18.8. The van der Waals surface area contributed by atoms with E-state index in [0.29, 0.717) is 44.3 Å². The van der Waals surface area contributed by atoms with Gasteiger partial charge in [-0.2, -0.15) is 0 Å². The molecule has 1 N–H and O–H groups in total. The number of ether oxygens (including phenoxy) is 2. The van der Waals surface area contributed by atoms with E-state index in [9.17, 15) is 18.8 Å². The van der Waals surface area contributed by atoms with E-state index in [2.05, 4.69) is 5.32 Å². The second-order valence-electron chi connectivity index (χ2n) is 8.68. The molecule has 0 aliphatic carbocycles. The van der Waals surface area contributed by atoms with Crippen molar-refractivity contribution in [3.63, 3.8) is 0 Å². The normalized spacial score (nSPS) is 14.2. The summed E-state index contributed by atoms with van der Waals surface area (Å²) in [6, 6.07) is 18.2. The molecule has 1 saturated heterocycles. The van der Waals surface area contributed by atoms with Gasteiger partial charge in [0, 0.05) is 24.4 Å². The molecule has 1 aliphatic heterocycles. The second kappa shape index (κ2) is 11.3. The first kappa shape index (κ1) is 26.5. The lowest BCUT2D eigenvalue weighted by Gasteiger charge is -2.18. The molecule has 0 atom stereocenters. The van der Waals surface area contributed by atoms with Crippen LogP contribution in [0.2, 0.25) is 5.02 Å². The van der Waals surface area contributed by atoms with Gasteiger partial charge in [-0.3, -0.25) is 19.7 Å². The summed E-state index contributed by atoms with van der Waals surface area (Å²) in [4.78, 5) is 36.7. The third kappa shape index (κ3) is 5.69.